The molecule has 0 N–H and O–H groups in total. The quantitative estimate of drug-likeness (QED) is 0.833. The summed E-state index contributed by atoms with van der Waals surface area (Å²) >= 11 is 0. The van der Waals surface area contributed by atoms with Crippen LogP contribution in [-0.4, -0.2) is 58.3 Å². The Balaban J connectivity index is 1.66. The first-order valence-corrected chi connectivity index (χ1v) is 8.48. The molecule has 0 radical (unpaired) electrons. The van der Waals surface area contributed by atoms with E-state index in [0.717, 1.165) is 17.0 Å². The largest absolute Gasteiger partial charge is 0.497 e. The van der Waals surface area contributed by atoms with Crippen molar-refractivity contribution in [1.29, 1.82) is 0 Å². The molecule has 0 aliphatic carbocycles. The number of aromatic nitrogens is 2. The summed E-state index contributed by atoms with van der Waals surface area (Å²) in [6.07, 6.45) is 0. The Morgan fingerprint density at radius 2 is 2.00 bits per heavy atom. The zero-order chi connectivity index (χ0) is 18.7. The highest BCUT2D eigenvalue weighted by Crippen LogP contribution is 2.16. The first kappa shape index (κ1) is 17.8. The third-order valence-electron chi connectivity index (χ3n) is 4.30. The second kappa shape index (κ2) is 7.51. The minimum atomic E-state index is -0.229. The Labute approximate surface area is 152 Å². The molecule has 1 aromatic carbocycles. The van der Waals surface area contributed by atoms with E-state index in [-0.39, 0.29) is 18.4 Å². The van der Waals surface area contributed by atoms with Gasteiger partial charge in [0.15, 0.2) is 0 Å². The van der Waals surface area contributed by atoms with Crippen molar-refractivity contribution in [3.05, 3.63) is 53.1 Å². The first-order valence-electron chi connectivity index (χ1n) is 8.48. The van der Waals surface area contributed by atoms with Gasteiger partial charge in [-0.15, -0.1) is 0 Å². The minimum absolute atomic E-state index is 0.0604. The highest BCUT2D eigenvalue weighted by molar-refractivity contribution is 5.95. The van der Waals surface area contributed by atoms with Crippen LogP contribution in [0, 0.1) is 13.8 Å². The van der Waals surface area contributed by atoms with Crippen molar-refractivity contribution in [2.45, 2.75) is 20.4 Å². The Morgan fingerprint density at radius 3 is 2.69 bits per heavy atom. The van der Waals surface area contributed by atoms with Crippen LogP contribution in [0.5, 0.6) is 5.75 Å². The molecule has 1 aliphatic rings. The van der Waals surface area contributed by atoms with Gasteiger partial charge in [0.05, 0.1) is 7.11 Å². The van der Waals surface area contributed by atoms with Crippen LogP contribution in [0.25, 0.3) is 0 Å². The highest BCUT2D eigenvalue weighted by Gasteiger charge is 2.28. The molecule has 0 unspecified atom stereocenters. The maximum absolute atomic E-state index is 12.6. The van der Waals surface area contributed by atoms with Gasteiger partial charge in [0.1, 0.15) is 23.8 Å². The van der Waals surface area contributed by atoms with Gasteiger partial charge in [0.2, 0.25) is 5.91 Å². The summed E-state index contributed by atoms with van der Waals surface area (Å²) in [6, 6.07) is 9.30. The number of carbonyl (C=O) groups excluding carboxylic acids is 2. The molecule has 0 atom stereocenters. The van der Waals surface area contributed by atoms with Gasteiger partial charge >= 0.3 is 0 Å². The molecule has 0 spiro atoms. The predicted molar refractivity (Wildman–Crippen MR) is 95.8 cm³/mol. The number of piperazine rings is 1. The monoisotopic (exact) mass is 354 g/mol. The molecule has 1 fully saturated rings. The van der Waals surface area contributed by atoms with Crippen molar-refractivity contribution >= 4 is 11.8 Å². The number of ether oxygens (including phenoxy) is 1. The zero-order valence-corrected chi connectivity index (χ0v) is 15.2. The summed E-state index contributed by atoms with van der Waals surface area (Å²) in [5.74, 6) is 1.01. The Bertz CT molecular complexity index is 817. The van der Waals surface area contributed by atoms with Gasteiger partial charge < -0.3 is 14.5 Å². The summed E-state index contributed by atoms with van der Waals surface area (Å²) in [5, 5.41) is 0. The van der Waals surface area contributed by atoms with Crippen molar-refractivity contribution in [2.75, 3.05) is 26.7 Å². The minimum Gasteiger partial charge on any atom is -0.497 e. The highest BCUT2D eigenvalue weighted by atomic mass is 16.5. The van der Waals surface area contributed by atoms with Gasteiger partial charge in [-0.1, -0.05) is 12.1 Å². The second-order valence-electron chi connectivity index (χ2n) is 6.34. The molecule has 0 saturated carbocycles. The summed E-state index contributed by atoms with van der Waals surface area (Å²) < 4.78 is 5.22. The van der Waals surface area contributed by atoms with E-state index >= 15 is 0 Å². The molecule has 7 heteroatoms. The lowest BCUT2D eigenvalue weighted by Crippen LogP contribution is -2.52. The van der Waals surface area contributed by atoms with Crippen LogP contribution < -0.4 is 4.74 Å². The Kier molecular flexibility index (Phi) is 5.16. The fourth-order valence-electron chi connectivity index (χ4n) is 3.03. The van der Waals surface area contributed by atoms with Gasteiger partial charge in [-0.25, -0.2) is 9.97 Å². The average molecular weight is 354 g/mol. The van der Waals surface area contributed by atoms with E-state index in [9.17, 15) is 9.59 Å². The normalized spacial score (nSPS) is 14.5. The topological polar surface area (TPSA) is 75.6 Å². The zero-order valence-electron chi connectivity index (χ0n) is 15.2. The lowest BCUT2D eigenvalue weighted by molar-refractivity contribution is -0.135. The van der Waals surface area contributed by atoms with Crippen molar-refractivity contribution in [1.82, 2.24) is 19.8 Å². The number of rotatable bonds is 4. The number of amides is 2. The van der Waals surface area contributed by atoms with Gasteiger partial charge in [-0.05, 0) is 37.6 Å². The standard InChI is InChI=1S/C19H22N4O3/c1-13-9-17(21-14(2)20-13)19(25)23-8-7-22(18(24)12-23)11-15-5-4-6-16(10-15)26-3/h4-6,9-10H,7-8,11-12H2,1-3H3. The fraction of sp³-hybridized carbons (Fsp3) is 0.368. The van der Waals surface area contributed by atoms with E-state index < -0.39 is 0 Å². The molecule has 2 heterocycles. The molecule has 2 aromatic rings. The van der Waals surface area contributed by atoms with Crippen LogP contribution >= 0.6 is 0 Å². The van der Waals surface area contributed by atoms with Crippen molar-refractivity contribution in [3.8, 4) is 5.75 Å². The lowest BCUT2D eigenvalue weighted by atomic mass is 10.1. The van der Waals surface area contributed by atoms with E-state index in [1.54, 1.807) is 29.9 Å². The maximum atomic E-state index is 12.6. The number of methoxy groups -OCH3 is 1. The molecular formula is C19H22N4O3. The van der Waals surface area contributed by atoms with E-state index in [4.69, 9.17) is 4.74 Å². The van der Waals surface area contributed by atoms with Crippen LogP contribution in [-0.2, 0) is 11.3 Å². The van der Waals surface area contributed by atoms with Gasteiger partial charge in [0.25, 0.3) is 5.91 Å². The van der Waals surface area contributed by atoms with E-state index in [1.165, 1.54) is 0 Å². The third kappa shape index (κ3) is 3.99. The Hall–Kier alpha value is -2.96. The molecular weight excluding hydrogens is 332 g/mol. The number of hydrogen-bond donors (Lipinski definition) is 0. The molecule has 7 nitrogen and oxygen atoms in total. The molecule has 1 aliphatic heterocycles. The number of hydrogen-bond acceptors (Lipinski definition) is 5. The molecule has 1 aromatic heterocycles. The van der Waals surface area contributed by atoms with Crippen LogP contribution in [0.15, 0.2) is 30.3 Å². The third-order valence-corrected chi connectivity index (χ3v) is 4.30. The lowest BCUT2D eigenvalue weighted by Gasteiger charge is -2.34. The number of aryl methyl sites for hydroxylation is 2. The van der Waals surface area contributed by atoms with Crippen LogP contribution in [0.3, 0.4) is 0 Å². The predicted octanol–water partition coefficient (Wildman–Crippen LogP) is 1.59. The average Bonchev–Trinajstić information content (AvgIpc) is 2.62. The molecule has 2 amide bonds. The summed E-state index contributed by atoms with van der Waals surface area (Å²) in [7, 11) is 1.62. The molecule has 3 rings (SSSR count). The molecule has 136 valence electrons. The summed E-state index contributed by atoms with van der Waals surface area (Å²) in [4.78, 5) is 36.8. The smallest absolute Gasteiger partial charge is 0.273 e. The van der Waals surface area contributed by atoms with Crippen LogP contribution in [0.4, 0.5) is 0 Å². The summed E-state index contributed by atoms with van der Waals surface area (Å²) in [6.45, 7) is 5.11. The van der Waals surface area contributed by atoms with E-state index in [2.05, 4.69) is 9.97 Å². The second-order valence-corrected chi connectivity index (χ2v) is 6.34. The number of carbonyl (C=O) groups is 2. The first-order chi connectivity index (χ1) is 12.5. The van der Waals surface area contributed by atoms with Gasteiger partial charge in [-0.2, -0.15) is 0 Å². The van der Waals surface area contributed by atoms with Gasteiger partial charge in [0, 0.05) is 25.3 Å². The molecule has 0 bridgehead atoms. The fourth-order valence-corrected chi connectivity index (χ4v) is 3.03. The summed E-state index contributed by atoms with van der Waals surface area (Å²) in [5.41, 5.74) is 2.08. The molecule has 26 heavy (non-hydrogen) atoms. The Morgan fingerprint density at radius 1 is 1.19 bits per heavy atom. The van der Waals surface area contributed by atoms with Crippen molar-refractivity contribution in [3.63, 3.8) is 0 Å². The van der Waals surface area contributed by atoms with E-state index in [0.29, 0.717) is 31.2 Å². The maximum Gasteiger partial charge on any atom is 0.273 e. The number of nitrogens with zero attached hydrogens (tertiary/aromatic N) is 4. The van der Waals surface area contributed by atoms with Crippen LogP contribution in [0.1, 0.15) is 27.6 Å². The van der Waals surface area contributed by atoms with Crippen molar-refractivity contribution in [2.24, 2.45) is 0 Å². The van der Waals surface area contributed by atoms with Crippen LogP contribution in [0.2, 0.25) is 0 Å². The SMILES string of the molecule is COc1cccc(CN2CCN(C(=O)c3cc(C)nc(C)n3)CC2=O)c1. The van der Waals surface area contributed by atoms with Crippen molar-refractivity contribution < 1.29 is 14.3 Å². The van der Waals surface area contributed by atoms with E-state index in [1.807, 2.05) is 31.2 Å². The van der Waals surface area contributed by atoms with Gasteiger partial charge in [-0.3, -0.25) is 9.59 Å². The number of benzene rings is 1. The molecule has 1 saturated heterocycles.